The minimum Gasteiger partial charge on any atom is -0.508 e. The molecule has 3 rings (SSSR count). The van der Waals surface area contributed by atoms with Crippen LogP contribution in [0.2, 0.25) is 0 Å². The normalized spacial score (nSPS) is 22.6. The molecule has 2 heterocycles. The van der Waals surface area contributed by atoms with Crippen molar-refractivity contribution < 1.29 is 14.6 Å². The lowest BCUT2D eigenvalue weighted by Gasteiger charge is -2.53. The predicted molar refractivity (Wildman–Crippen MR) is 93.2 cm³/mol. The van der Waals surface area contributed by atoms with Crippen LogP contribution in [0.3, 0.4) is 0 Å². The Morgan fingerprint density at radius 2 is 2.12 bits per heavy atom. The van der Waals surface area contributed by atoms with E-state index < -0.39 is 0 Å². The van der Waals surface area contributed by atoms with E-state index in [1.165, 1.54) is 12.5 Å². The number of nitrogens with zero attached hydrogens (tertiary/aromatic N) is 2. The summed E-state index contributed by atoms with van der Waals surface area (Å²) >= 11 is 0. The third-order valence-corrected chi connectivity index (χ3v) is 5.38. The van der Waals surface area contributed by atoms with Gasteiger partial charge in [-0.05, 0) is 50.0 Å². The van der Waals surface area contributed by atoms with Crippen molar-refractivity contribution >= 4 is 5.91 Å². The highest BCUT2D eigenvalue weighted by atomic mass is 16.5. The standard InChI is InChI=1S/C19H28N2O3/c1-3-20(4-2)11-15-8-9-19(24-12-15)13-21(14-19)18(23)16-6-5-7-17(22)10-16/h5-7,10,15,22H,3-4,8-9,11-14H2,1-2H3/t15-/m1/s1. The van der Waals surface area contributed by atoms with E-state index in [4.69, 9.17) is 4.74 Å². The highest BCUT2D eigenvalue weighted by Gasteiger charge is 2.48. The molecule has 0 bridgehead atoms. The van der Waals surface area contributed by atoms with E-state index in [2.05, 4.69) is 18.7 Å². The van der Waals surface area contributed by atoms with Crippen molar-refractivity contribution in [2.45, 2.75) is 32.3 Å². The molecule has 1 amide bonds. The molecule has 2 saturated heterocycles. The van der Waals surface area contributed by atoms with E-state index in [1.807, 2.05) is 4.90 Å². The van der Waals surface area contributed by atoms with Crippen LogP contribution < -0.4 is 0 Å². The summed E-state index contributed by atoms with van der Waals surface area (Å²) in [6, 6.07) is 6.55. The molecule has 2 aliphatic rings. The number of aromatic hydroxyl groups is 1. The summed E-state index contributed by atoms with van der Waals surface area (Å²) in [6.45, 7) is 9.81. The van der Waals surface area contributed by atoms with Crippen LogP contribution in [0.5, 0.6) is 5.75 Å². The van der Waals surface area contributed by atoms with Crippen LogP contribution in [0, 0.1) is 5.92 Å². The maximum absolute atomic E-state index is 12.4. The molecule has 0 aromatic heterocycles. The first kappa shape index (κ1) is 17.2. The van der Waals surface area contributed by atoms with Crippen molar-refractivity contribution in [3.63, 3.8) is 0 Å². The molecule has 5 heteroatoms. The zero-order valence-electron chi connectivity index (χ0n) is 14.7. The molecule has 5 nitrogen and oxygen atoms in total. The fourth-order valence-electron chi connectivity index (χ4n) is 3.77. The molecule has 0 unspecified atom stereocenters. The monoisotopic (exact) mass is 332 g/mol. The lowest BCUT2D eigenvalue weighted by atomic mass is 9.82. The Hall–Kier alpha value is -1.59. The number of phenols is 1. The number of amides is 1. The summed E-state index contributed by atoms with van der Waals surface area (Å²) in [6.07, 6.45) is 2.20. The van der Waals surface area contributed by atoms with Crippen molar-refractivity contribution in [2.24, 2.45) is 5.92 Å². The quantitative estimate of drug-likeness (QED) is 0.899. The van der Waals surface area contributed by atoms with Crippen LogP contribution in [0.1, 0.15) is 37.0 Å². The van der Waals surface area contributed by atoms with Crippen LogP contribution in [-0.4, -0.2) is 65.7 Å². The predicted octanol–water partition coefficient (Wildman–Crippen LogP) is 2.36. The van der Waals surface area contributed by atoms with Crippen molar-refractivity contribution in [2.75, 3.05) is 39.3 Å². The zero-order chi connectivity index (χ0) is 17.2. The summed E-state index contributed by atoms with van der Waals surface area (Å²) in [5.74, 6) is 0.709. The Morgan fingerprint density at radius 1 is 1.38 bits per heavy atom. The van der Waals surface area contributed by atoms with Crippen molar-refractivity contribution in [1.29, 1.82) is 0 Å². The van der Waals surface area contributed by atoms with E-state index in [9.17, 15) is 9.90 Å². The van der Waals surface area contributed by atoms with Gasteiger partial charge in [-0.25, -0.2) is 0 Å². The van der Waals surface area contributed by atoms with E-state index >= 15 is 0 Å². The van der Waals surface area contributed by atoms with Gasteiger partial charge in [0.1, 0.15) is 11.4 Å². The lowest BCUT2D eigenvalue weighted by molar-refractivity contribution is -0.168. The van der Waals surface area contributed by atoms with E-state index in [1.54, 1.807) is 18.2 Å². The summed E-state index contributed by atoms with van der Waals surface area (Å²) in [5, 5.41) is 9.52. The highest BCUT2D eigenvalue weighted by molar-refractivity contribution is 5.95. The van der Waals surface area contributed by atoms with Crippen molar-refractivity contribution in [1.82, 2.24) is 9.80 Å². The van der Waals surface area contributed by atoms with Gasteiger partial charge in [-0.1, -0.05) is 19.9 Å². The van der Waals surface area contributed by atoms with Gasteiger partial charge in [0.15, 0.2) is 0 Å². The second kappa shape index (κ2) is 7.11. The Labute approximate surface area is 144 Å². The number of carbonyl (C=O) groups excluding carboxylic acids is 1. The molecule has 1 N–H and O–H groups in total. The van der Waals surface area contributed by atoms with Gasteiger partial charge in [-0.3, -0.25) is 4.79 Å². The van der Waals surface area contributed by atoms with Gasteiger partial charge in [0.2, 0.25) is 0 Å². The third kappa shape index (κ3) is 3.57. The maximum atomic E-state index is 12.4. The van der Waals surface area contributed by atoms with Gasteiger partial charge < -0.3 is 19.6 Å². The van der Waals surface area contributed by atoms with Gasteiger partial charge in [0.05, 0.1) is 19.7 Å². The molecule has 1 aromatic carbocycles. The molecule has 1 atom stereocenters. The van der Waals surface area contributed by atoms with Crippen LogP contribution >= 0.6 is 0 Å². The number of hydrogen-bond acceptors (Lipinski definition) is 4. The molecular weight excluding hydrogens is 304 g/mol. The van der Waals surface area contributed by atoms with Crippen LogP contribution in [0.15, 0.2) is 24.3 Å². The first-order valence-electron chi connectivity index (χ1n) is 9.00. The average Bonchev–Trinajstić information content (AvgIpc) is 2.57. The van der Waals surface area contributed by atoms with Gasteiger partial charge in [0, 0.05) is 12.1 Å². The smallest absolute Gasteiger partial charge is 0.254 e. The number of carbonyl (C=O) groups is 1. The number of phenolic OH excluding ortho intramolecular Hbond substituents is 1. The van der Waals surface area contributed by atoms with E-state index in [0.717, 1.165) is 32.7 Å². The Morgan fingerprint density at radius 3 is 2.71 bits per heavy atom. The molecule has 2 aliphatic heterocycles. The average molecular weight is 332 g/mol. The summed E-state index contributed by atoms with van der Waals surface area (Å²) in [4.78, 5) is 16.7. The second-order valence-electron chi connectivity index (χ2n) is 7.10. The van der Waals surface area contributed by atoms with Gasteiger partial charge in [-0.15, -0.1) is 0 Å². The minimum atomic E-state index is -0.133. The molecule has 24 heavy (non-hydrogen) atoms. The minimum absolute atomic E-state index is 0.0228. The lowest BCUT2D eigenvalue weighted by Crippen LogP contribution is -2.66. The molecule has 1 aromatic rings. The Kier molecular flexibility index (Phi) is 5.11. The van der Waals surface area contributed by atoms with E-state index in [-0.39, 0.29) is 17.3 Å². The molecule has 2 fully saturated rings. The first-order valence-corrected chi connectivity index (χ1v) is 9.00. The fraction of sp³-hybridized carbons (Fsp3) is 0.632. The van der Waals surface area contributed by atoms with Gasteiger partial charge in [-0.2, -0.15) is 0 Å². The van der Waals surface area contributed by atoms with Gasteiger partial charge >= 0.3 is 0 Å². The largest absolute Gasteiger partial charge is 0.508 e. The summed E-state index contributed by atoms with van der Waals surface area (Å²) in [5.41, 5.74) is 0.409. The van der Waals surface area contributed by atoms with Crippen LogP contribution in [-0.2, 0) is 4.74 Å². The van der Waals surface area contributed by atoms with Gasteiger partial charge in [0.25, 0.3) is 5.91 Å². The molecule has 0 saturated carbocycles. The van der Waals surface area contributed by atoms with Crippen LogP contribution in [0.4, 0.5) is 0 Å². The summed E-state index contributed by atoms with van der Waals surface area (Å²) in [7, 11) is 0. The molecule has 0 radical (unpaired) electrons. The first-order chi connectivity index (χ1) is 11.5. The maximum Gasteiger partial charge on any atom is 0.254 e. The third-order valence-electron chi connectivity index (χ3n) is 5.38. The fourth-order valence-corrected chi connectivity index (χ4v) is 3.77. The number of likely N-dealkylation sites (tertiary alicyclic amines) is 1. The zero-order valence-corrected chi connectivity index (χ0v) is 14.7. The van der Waals surface area contributed by atoms with Crippen LogP contribution in [0.25, 0.3) is 0 Å². The SMILES string of the molecule is CCN(CC)C[C@H]1CCC2(CN(C(=O)c3cccc(O)c3)C2)OC1. The molecule has 1 spiro atoms. The highest BCUT2D eigenvalue weighted by Crippen LogP contribution is 2.37. The molecule has 132 valence electrons. The second-order valence-corrected chi connectivity index (χ2v) is 7.10. The number of benzene rings is 1. The number of ether oxygens (including phenoxy) is 1. The topological polar surface area (TPSA) is 53.0 Å². The summed E-state index contributed by atoms with van der Waals surface area (Å²) < 4.78 is 6.17. The van der Waals surface area contributed by atoms with E-state index in [0.29, 0.717) is 24.6 Å². The Balaban J connectivity index is 1.49. The van der Waals surface area contributed by atoms with Crippen molar-refractivity contribution in [3.05, 3.63) is 29.8 Å². The molecular formula is C19H28N2O3. The Bertz CT molecular complexity index is 570. The molecule has 0 aliphatic carbocycles. The number of rotatable bonds is 5. The van der Waals surface area contributed by atoms with Crippen molar-refractivity contribution in [3.8, 4) is 5.75 Å². The number of hydrogen-bond donors (Lipinski definition) is 1.